The van der Waals surface area contributed by atoms with Crippen LogP contribution >= 0.6 is 15.9 Å². The average molecular weight is 341 g/mol. The summed E-state index contributed by atoms with van der Waals surface area (Å²) >= 11 is 3.30. The molecule has 0 aromatic heterocycles. The second-order valence-corrected chi connectivity index (χ2v) is 6.73. The van der Waals surface area contributed by atoms with Crippen LogP contribution in [0.25, 0.3) is 0 Å². The maximum atomic E-state index is 12.2. The molecule has 0 aliphatic rings. The highest BCUT2D eigenvalue weighted by Crippen LogP contribution is 2.21. The lowest BCUT2D eigenvalue weighted by molar-refractivity contribution is 0.601. The quantitative estimate of drug-likeness (QED) is 0.843. The number of benzene rings is 2. The predicted octanol–water partition coefficient (Wildman–Crippen LogP) is 3.14. The highest BCUT2D eigenvalue weighted by Gasteiger charge is 2.14. The van der Waals surface area contributed by atoms with E-state index in [-0.39, 0.29) is 4.90 Å². The minimum absolute atomic E-state index is 0.196. The van der Waals surface area contributed by atoms with Gasteiger partial charge >= 0.3 is 0 Å². The first kappa shape index (κ1) is 13.9. The number of nitrogen functional groups attached to an aromatic ring is 1. The number of anilines is 2. The number of aryl methyl sites for hydroxylation is 1. The maximum absolute atomic E-state index is 12.2. The van der Waals surface area contributed by atoms with E-state index in [1.54, 1.807) is 43.3 Å². The predicted molar refractivity (Wildman–Crippen MR) is 80.5 cm³/mol. The molecule has 2 aromatic rings. The molecule has 0 fully saturated rings. The average Bonchev–Trinajstić information content (AvgIpc) is 2.35. The van der Waals surface area contributed by atoms with Gasteiger partial charge in [-0.2, -0.15) is 0 Å². The number of sulfonamides is 1. The van der Waals surface area contributed by atoms with Crippen molar-refractivity contribution in [3.63, 3.8) is 0 Å². The first-order valence-corrected chi connectivity index (χ1v) is 7.80. The second-order valence-electron chi connectivity index (χ2n) is 4.13. The molecule has 0 radical (unpaired) electrons. The molecule has 0 amide bonds. The van der Waals surface area contributed by atoms with Gasteiger partial charge in [-0.25, -0.2) is 8.42 Å². The van der Waals surface area contributed by atoms with Crippen molar-refractivity contribution < 1.29 is 8.42 Å². The Labute approximate surface area is 120 Å². The number of hydrogen-bond donors (Lipinski definition) is 2. The lowest BCUT2D eigenvalue weighted by atomic mass is 10.2. The van der Waals surface area contributed by atoms with Gasteiger partial charge in [0.25, 0.3) is 10.0 Å². The van der Waals surface area contributed by atoms with Crippen molar-refractivity contribution >= 4 is 37.3 Å². The van der Waals surface area contributed by atoms with Crippen molar-refractivity contribution in [3.05, 3.63) is 52.5 Å². The summed E-state index contributed by atoms with van der Waals surface area (Å²) in [5.41, 5.74) is 7.50. The number of rotatable bonds is 3. The molecule has 0 spiro atoms. The van der Waals surface area contributed by atoms with Gasteiger partial charge in [-0.05, 0) is 55.0 Å². The van der Waals surface area contributed by atoms with Crippen LogP contribution in [-0.2, 0) is 10.0 Å². The molecule has 3 N–H and O–H groups in total. The molecule has 0 atom stereocenters. The summed E-state index contributed by atoms with van der Waals surface area (Å²) < 4.78 is 27.8. The zero-order valence-electron chi connectivity index (χ0n) is 10.2. The van der Waals surface area contributed by atoms with E-state index in [1.165, 1.54) is 6.07 Å². The molecule has 0 aliphatic carbocycles. The van der Waals surface area contributed by atoms with E-state index in [0.29, 0.717) is 11.4 Å². The van der Waals surface area contributed by atoms with Crippen LogP contribution < -0.4 is 10.5 Å². The fraction of sp³-hybridized carbons (Fsp3) is 0.0769. The van der Waals surface area contributed by atoms with Gasteiger partial charge in [0.15, 0.2) is 0 Å². The van der Waals surface area contributed by atoms with Crippen molar-refractivity contribution in [2.75, 3.05) is 10.5 Å². The molecule has 0 unspecified atom stereocenters. The van der Waals surface area contributed by atoms with E-state index < -0.39 is 10.0 Å². The van der Waals surface area contributed by atoms with E-state index in [4.69, 9.17) is 5.73 Å². The normalized spacial score (nSPS) is 11.3. The molecule has 100 valence electrons. The molecule has 19 heavy (non-hydrogen) atoms. The van der Waals surface area contributed by atoms with Crippen molar-refractivity contribution in [3.8, 4) is 0 Å². The third kappa shape index (κ3) is 3.27. The Morgan fingerprint density at radius 1 is 1.11 bits per heavy atom. The molecule has 0 aliphatic heterocycles. The van der Waals surface area contributed by atoms with E-state index in [9.17, 15) is 8.42 Å². The van der Waals surface area contributed by atoms with E-state index in [2.05, 4.69) is 20.7 Å². The fourth-order valence-electron chi connectivity index (χ4n) is 1.55. The maximum Gasteiger partial charge on any atom is 0.261 e. The number of hydrogen-bond acceptors (Lipinski definition) is 3. The number of nitrogens with two attached hydrogens (primary N) is 1. The first-order valence-electron chi connectivity index (χ1n) is 5.53. The van der Waals surface area contributed by atoms with Gasteiger partial charge in [-0.3, -0.25) is 4.72 Å². The lowest BCUT2D eigenvalue weighted by Crippen LogP contribution is -2.13. The van der Waals surface area contributed by atoms with Crippen molar-refractivity contribution in [1.29, 1.82) is 0 Å². The Balaban J connectivity index is 2.32. The zero-order chi connectivity index (χ0) is 14.0. The zero-order valence-corrected chi connectivity index (χ0v) is 12.6. The highest BCUT2D eigenvalue weighted by molar-refractivity contribution is 9.10. The fourth-order valence-corrected chi connectivity index (χ4v) is 2.96. The topological polar surface area (TPSA) is 72.2 Å². The summed E-state index contributed by atoms with van der Waals surface area (Å²) in [6.45, 7) is 1.77. The van der Waals surface area contributed by atoms with Gasteiger partial charge in [-0.15, -0.1) is 0 Å². The highest BCUT2D eigenvalue weighted by atomic mass is 79.9. The summed E-state index contributed by atoms with van der Waals surface area (Å²) in [5, 5.41) is 0. The summed E-state index contributed by atoms with van der Waals surface area (Å²) in [6.07, 6.45) is 0. The van der Waals surface area contributed by atoms with Crippen molar-refractivity contribution in [1.82, 2.24) is 0 Å². The standard InChI is InChI=1S/C13H13BrN2O2S/c1-9-8-12(6-7-13(9)15)19(17,18)16-11-4-2-10(14)3-5-11/h2-8,16H,15H2,1H3. The van der Waals surface area contributed by atoms with Crippen LogP contribution in [0.1, 0.15) is 5.56 Å². The molecule has 0 heterocycles. The molecule has 4 nitrogen and oxygen atoms in total. The largest absolute Gasteiger partial charge is 0.399 e. The number of nitrogens with one attached hydrogen (secondary N) is 1. The van der Waals surface area contributed by atoms with Gasteiger partial charge in [0.1, 0.15) is 0 Å². The van der Waals surface area contributed by atoms with E-state index in [0.717, 1.165) is 10.0 Å². The minimum atomic E-state index is -3.59. The van der Waals surface area contributed by atoms with Crippen LogP contribution in [-0.4, -0.2) is 8.42 Å². The Bertz CT molecular complexity index is 697. The number of halogens is 1. The van der Waals surface area contributed by atoms with Crippen LogP contribution in [0.2, 0.25) is 0 Å². The lowest BCUT2D eigenvalue weighted by Gasteiger charge is -2.09. The van der Waals surface area contributed by atoms with Crippen molar-refractivity contribution in [2.24, 2.45) is 0 Å². The van der Waals surface area contributed by atoms with E-state index in [1.807, 2.05) is 0 Å². The Kier molecular flexibility index (Phi) is 3.82. The van der Waals surface area contributed by atoms with Gasteiger partial charge in [-0.1, -0.05) is 15.9 Å². The summed E-state index contributed by atoms with van der Waals surface area (Å²) in [4.78, 5) is 0.196. The Morgan fingerprint density at radius 2 is 1.74 bits per heavy atom. The molecule has 2 aromatic carbocycles. The third-order valence-corrected chi connectivity index (χ3v) is 4.56. The minimum Gasteiger partial charge on any atom is -0.399 e. The molecule has 0 saturated carbocycles. The van der Waals surface area contributed by atoms with Gasteiger partial charge in [0, 0.05) is 15.8 Å². The first-order chi connectivity index (χ1) is 8.88. The summed E-state index contributed by atoms with van der Waals surface area (Å²) in [5.74, 6) is 0. The molecular weight excluding hydrogens is 328 g/mol. The Hall–Kier alpha value is -1.53. The smallest absolute Gasteiger partial charge is 0.261 e. The molecular formula is C13H13BrN2O2S. The second kappa shape index (κ2) is 5.22. The Morgan fingerprint density at radius 3 is 2.32 bits per heavy atom. The SMILES string of the molecule is Cc1cc(S(=O)(=O)Nc2ccc(Br)cc2)ccc1N. The molecule has 0 saturated heterocycles. The van der Waals surface area contributed by atoms with Gasteiger partial charge in [0.2, 0.25) is 0 Å². The van der Waals surface area contributed by atoms with E-state index >= 15 is 0 Å². The van der Waals surface area contributed by atoms with Gasteiger partial charge in [0.05, 0.1) is 4.90 Å². The molecule has 6 heteroatoms. The van der Waals surface area contributed by atoms with Crippen LogP contribution in [0.5, 0.6) is 0 Å². The third-order valence-electron chi connectivity index (χ3n) is 2.65. The summed E-state index contributed by atoms with van der Waals surface area (Å²) in [7, 11) is -3.59. The van der Waals surface area contributed by atoms with Crippen molar-refractivity contribution in [2.45, 2.75) is 11.8 Å². The molecule has 2 rings (SSSR count). The van der Waals surface area contributed by atoms with Crippen LogP contribution in [0.3, 0.4) is 0 Å². The van der Waals surface area contributed by atoms with Gasteiger partial charge < -0.3 is 5.73 Å². The van der Waals surface area contributed by atoms with Crippen LogP contribution in [0.4, 0.5) is 11.4 Å². The van der Waals surface area contributed by atoms with Crippen LogP contribution in [0.15, 0.2) is 51.8 Å². The summed E-state index contributed by atoms with van der Waals surface area (Å²) in [6, 6.07) is 11.5. The monoisotopic (exact) mass is 340 g/mol. The molecule has 0 bridgehead atoms. The van der Waals surface area contributed by atoms with Crippen LogP contribution in [0, 0.1) is 6.92 Å².